The van der Waals surface area contributed by atoms with Crippen molar-refractivity contribution < 1.29 is 4.79 Å². The van der Waals surface area contributed by atoms with Gasteiger partial charge in [-0.3, -0.25) is 4.79 Å². The molecule has 80 valence electrons. The standard InChI is InChI=1S/C12H16N2O/c1-13-8-9-6-7-12(15)14-11-5-3-2-4-10(9)11/h2-5,9,13H,6-8H2,1H3,(H,14,15). The molecule has 1 aliphatic rings. The third-order valence-corrected chi connectivity index (χ3v) is 2.85. The van der Waals surface area contributed by atoms with E-state index in [4.69, 9.17) is 0 Å². The number of hydrogen-bond donors (Lipinski definition) is 2. The van der Waals surface area contributed by atoms with Crippen LogP contribution in [-0.4, -0.2) is 19.5 Å². The van der Waals surface area contributed by atoms with Crippen LogP contribution in [0.4, 0.5) is 5.69 Å². The Morgan fingerprint density at radius 1 is 1.47 bits per heavy atom. The topological polar surface area (TPSA) is 41.1 Å². The van der Waals surface area contributed by atoms with E-state index in [0.717, 1.165) is 18.7 Å². The molecule has 0 saturated heterocycles. The molecule has 2 rings (SSSR count). The third-order valence-electron chi connectivity index (χ3n) is 2.85. The molecular weight excluding hydrogens is 188 g/mol. The maximum Gasteiger partial charge on any atom is 0.224 e. The van der Waals surface area contributed by atoms with E-state index in [1.165, 1.54) is 5.56 Å². The lowest BCUT2D eigenvalue weighted by Crippen LogP contribution is -2.17. The van der Waals surface area contributed by atoms with Gasteiger partial charge in [0.05, 0.1) is 0 Å². The van der Waals surface area contributed by atoms with Crippen molar-refractivity contribution in [2.45, 2.75) is 18.8 Å². The number of para-hydroxylation sites is 1. The summed E-state index contributed by atoms with van der Waals surface area (Å²) in [6.45, 7) is 0.923. The molecule has 1 aliphatic heterocycles. The summed E-state index contributed by atoms with van der Waals surface area (Å²) in [4.78, 5) is 11.5. The smallest absolute Gasteiger partial charge is 0.224 e. The second-order valence-corrected chi connectivity index (χ2v) is 3.93. The van der Waals surface area contributed by atoms with Gasteiger partial charge in [-0.05, 0) is 31.0 Å². The average Bonchev–Trinajstić information content (AvgIpc) is 2.39. The molecule has 3 heteroatoms. The highest BCUT2D eigenvalue weighted by Crippen LogP contribution is 2.30. The van der Waals surface area contributed by atoms with Crippen molar-refractivity contribution in [1.29, 1.82) is 0 Å². The number of rotatable bonds is 2. The van der Waals surface area contributed by atoms with Crippen molar-refractivity contribution in [3.05, 3.63) is 29.8 Å². The van der Waals surface area contributed by atoms with Gasteiger partial charge in [0.1, 0.15) is 0 Å². The van der Waals surface area contributed by atoms with Crippen LogP contribution in [0, 0.1) is 0 Å². The summed E-state index contributed by atoms with van der Waals surface area (Å²) in [6, 6.07) is 8.06. The molecule has 1 atom stereocenters. The molecule has 1 unspecified atom stereocenters. The van der Waals surface area contributed by atoms with Gasteiger partial charge in [-0.1, -0.05) is 18.2 Å². The molecule has 1 aromatic carbocycles. The molecule has 0 aromatic heterocycles. The third kappa shape index (κ3) is 2.18. The van der Waals surface area contributed by atoms with Crippen LogP contribution in [0.5, 0.6) is 0 Å². The van der Waals surface area contributed by atoms with Crippen LogP contribution in [0.25, 0.3) is 0 Å². The molecular formula is C12H16N2O. The molecule has 0 spiro atoms. The number of fused-ring (bicyclic) bond motifs is 1. The SMILES string of the molecule is CNCC1CCC(=O)Nc2ccccc21. The van der Waals surface area contributed by atoms with Crippen LogP contribution in [0.3, 0.4) is 0 Å². The maximum absolute atomic E-state index is 11.5. The van der Waals surface area contributed by atoms with Crippen molar-refractivity contribution in [2.75, 3.05) is 18.9 Å². The number of anilines is 1. The predicted octanol–water partition coefficient (Wildman–Crippen LogP) is 1.72. The van der Waals surface area contributed by atoms with Crippen LogP contribution in [0.1, 0.15) is 24.3 Å². The summed E-state index contributed by atoms with van der Waals surface area (Å²) in [6.07, 6.45) is 1.53. The molecule has 0 aliphatic carbocycles. The first-order chi connectivity index (χ1) is 7.31. The van der Waals surface area contributed by atoms with Crippen LogP contribution in [0.15, 0.2) is 24.3 Å². The van der Waals surface area contributed by atoms with E-state index >= 15 is 0 Å². The summed E-state index contributed by atoms with van der Waals surface area (Å²) in [5.74, 6) is 0.561. The Morgan fingerprint density at radius 3 is 3.07 bits per heavy atom. The second kappa shape index (κ2) is 4.45. The predicted molar refractivity (Wildman–Crippen MR) is 61.0 cm³/mol. The van der Waals surface area contributed by atoms with Crippen molar-refractivity contribution in [2.24, 2.45) is 0 Å². The highest BCUT2D eigenvalue weighted by Gasteiger charge is 2.20. The van der Waals surface area contributed by atoms with Gasteiger partial charge in [0, 0.05) is 18.7 Å². The van der Waals surface area contributed by atoms with Crippen LogP contribution >= 0.6 is 0 Å². The van der Waals surface area contributed by atoms with Gasteiger partial charge >= 0.3 is 0 Å². The normalized spacial score (nSPS) is 20.3. The van der Waals surface area contributed by atoms with E-state index in [1.807, 2.05) is 25.2 Å². The molecule has 1 amide bonds. The van der Waals surface area contributed by atoms with Gasteiger partial charge < -0.3 is 10.6 Å². The molecule has 2 N–H and O–H groups in total. The fourth-order valence-corrected chi connectivity index (χ4v) is 2.10. The minimum absolute atomic E-state index is 0.126. The first kappa shape index (κ1) is 10.2. The first-order valence-corrected chi connectivity index (χ1v) is 5.34. The van der Waals surface area contributed by atoms with E-state index in [-0.39, 0.29) is 5.91 Å². The summed E-state index contributed by atoms with van der Waals surface area (Å²) in [5.41, 5.74) is 2.22. The summed E-state index contributed by atoms with van der Waals surface area (Å²) in [7, 11) is 1.95. The lowest BCUT2D eigenvalue weighted by molar-refractivity contribution is -0.116. The Hall–Kier alpha value is -1.35. The van der Waals surface area contributed by atoms with Gasteiger partial charge in [-0.25, -0.2) is 0 Å². The Labute approximate surface area is 89.9 Å². The highest BCUT2D eigenvalue weighted by atomic mass is 16.1. The van der Waals surface area contributed by atoms with Crippen LogP contribution in [-0.2, 0) is 4.79 Å². The molecule has 0 bridgehead atoms. The van der Waals surface area contributed by atoms with Gasteiger partial charge in [0.2, 0.25) is 5.91 Å². The fourth-order valence-electron chi connectivity index (χ4n) is 2.10. The Kier molecular flexibility index (Phi) is 3.02. The molecule has 3 nitrogen and oxygen atoms in total. The van der Waals surface area contributed by atoms with E-state index in [2.05, 4.69) is 16.7 Å². The number of carbonyl (C=O) groups excluding carboxylic acids is 1. The maximum atomic E-state index is 11.5. The van der Waals surface area contributed by atoms with Crippen molar-refractivity contribution in [3.8, 4) is 0 Å². The van der Waals surface area contributed by atoms with Gasteiger partial charge in [0.15, 0.2) is 0 Å². The summed E-state index contributed by atoms with van der Waals surface area (Å²) >= 11 is 0. The highest BCUT2D eigenvalue weighted by molar-refractivity contribution is 5.92. The van der Waals surface area contributed by atoms with E-state index in [0.29, 0.717) is 12.3 Å². The zero-order chi connectivity index (χ0) is 10.7. The van der Waals surface area contributed by atoms with E-state index in [9.17, 15) is 4.79 Å². The number of nitrogens with one attached hydrogen (secondary N) is 2. The van der Waals surface area contributed by atoms with Crippen LogP contribution in [0.2, 0.25) is 0 Å². The van der Waals surface area contributed by atoms with E-state index < -0.39 is 0 Å². The second-order valence-electron chi connectivity index (χ2n) is 3.93. The van der Waals surface area contributed by atoms with Crippen molar-refractivity contribution in [3.63, 3.8) is 0 Å². The van der Waals surface area contributed by atoms with Gasteiger partial charge in [-0.15, -0.1) is 0 Å². The molecule has 0 fully saturated rings. The number of hydrogen-bond acceptors (Lipinski definition) is 2. The summed E-state index contributed by atoms with van der Waals surface area (Å²) < 4.78 is 0. The minimum Gasteiger partial charge on any atom is -0.326 e. The summed E-state index contributed by atoms with van der Waals surface area (Å²) in [5, 5.41) is 6.13. The number of likely N-dealkylation sites (N-methyl/N-ethyl adjacent to an activating group) is 1. The largest absolute Gasteiger partial charge is 0.326 e. The zero-order valence-corrected chi connectivity index (χ0v) is 8.92. The van der Waals surface area contributed by atoms with Crippen LogP contribution < -0.4 is 10.6 Å². The van der Waals surface area contributed by atoms with Crippen molar-refractivity contribution >= 4 is 11.6 Å². The lowest BCUT2D eigenvalue weighted by atomic mass is 9.94. The number of amides is 1. The lowest BCUT2D eigenvalue weighted by Gasteiger charge is -2.15. The first-order valence-electron chi connectivity index (χ1n) is 5.34. The van der Waals surface area contributed by atoms with E-state index in [1.54, 1.807) is 0 Å². The monoisotopic (exact) mass is 204 g/mol. The quantitative estimate of drug-likeness (QED) is 0.770. The molecule has 0 saturated carbocycles. The number of benzene rings is 1. The van der Waals surface area contributed by atoms with Gasteiger partial charge in [0.25, 0.3) is 0 Å². The Bertz CT molecular complexity index is 362. The number of carbonyl (C=O) groups is 1. The molecule has 15 heavy (non-hydrogen) atoms. The molecule has 0 radical (unpaired) electrons. The average molecular weight is 204 g/mol. The molecule has 1 aromatic rings. The Balaban J connectivity index is 2.33. The van der Waals surface area contributed by atoms with Gasteiger partial charge in [-0.2, -0.15) is 0 Å². The molecule has 1 heterocycles. The minimum atomic E-state index is 0.126. The zero-order valence-electron chi connectivity index (χ0n) is 8.92. The fraction of sp³-hybridized carbons (Fsp3) is 0.417. The Morgan fingerprint density at radius 2 is 2.27 bits per heavy atom. The van der Waals surface area contributed by atoms with Crippen molar-refractivity contribution in [1.82, 2.24) is 5.32 Å².